The van der Waals surface area contributed by atoms with E-state index in [0.717, 1.165) is 36.6 Å². The lowest BCUT2D eigenvalue weighted by Crippen LogP contribution is -2.26. The summed E-state index contributed by atoms with van der Waals surface area (Å²) in [5, 5.41) is 16.3. The summed E-state index contributed by atoms with van der Waals surface area (Å²) in [4.78, 5) is 41.3. The van der Waals surface area contributed by atoms with Gasteiger partial charge in [-0.05, 0) is 51.0 Å². The Morgan fingerprint density at radius 2 is 2.03 bits per heavy atom. The predicted octanol–water partition coefficient (Wildman–Crippen LogP) is 5.33. The van der Waals surface area contributed by atoms with Crippen molar-refractivity contribution in [3.8, 4) is 5.75 Å². The van der Waals surface area contributed by atoms with Crippen LogP contribution in [-0.2, 0) is 9.53 Å². The van der Waals surface area contributed by atoms with E-state index in [1.165, 1.54) is 36.0 Å². The molecule has 1 aliphatic rings. The van der Waals surface area contributed by atoms with Crippen molar-refractivity contribution in [2.24, 2.45) is 5.10 Å². The van der Waals surface area contributed by atoms with Gasteiger partial charge in [-0.2, -0.15) is 9.78 Å². The molecule has 11 heteroatoms. The van der Waals surface area contributed by atoms with Crippen molar-refractivity contribution < 1.29 is 19.2 Å². The number of aromatic nitrogens is 2. The number of benzene rings is 2. The Morgan fingerprint density at radius 1 is 1.27 bits per heavy atom. The maximum absolute atomic E-state index is 13.6. The molecule has 0 spiro atoms. The molecule has 0 amide bonds. The van der Waals surface area contributed by atoms with Crippen molar-refractivity contribution in [2.75, 3.05) is 6.61 Å². The molecule has 1 atom stereocenters. The molecule has 0 bridgehead atoms. The quantitative estimate of drug-likeness (QED) is 0.155. The van der Waals surface area contributed by atoms with E-state index in [9.17, 15) is 19.7 Å². The van der Waals surface area contributed by atoms with Crippen LogP contribution in [0.4, 0.5) is 5.69 Å². The van der Waals surface area contributed by atoms with E-state index < -0.39 is 17.0 Å². The van der Waals surface area contributed by atoms with Crippen LogP contribution in [0.25, 0.3) is 10.9 Å². The number of nitro benzene ring substituents is 1. The molecule has 0 radical (unpaired) electrons. The molecule has 0 unspecified atom stereocenters. The highest BCUT2D eigenvalue weighted by atomic mass is 79.9. The van der Waals surface area contributed by atoms with Crippen LogP contribution in [0.5, 0.6) is 5.75 Å². The Hall–Kier alpha value is -3.60. The number of carbonyl (C=O) groups is 1. The zero-order valence-corrected chi connectivity index (χ0v) is 22.1. The van der Waals surface area contributed by atoms with Crippen LogP contribution in [0.3, 0.4) is 0 Å². The van der Waals surface area contributed by atoms with Crippen LogP contribution < -0.4 is 10.3 Å². The van der Waals surface area contributed by atoms with Crippen molar-refractivity contribution >= 4 is 44.7 Å². The Morgan fingerprint density at radius 3 is 2.73 bits per heavy atom. The van der Waals surface area contributed by atoms with Gasteiger partial charge in [-0.1, -0.05) is 35.2 Å². The lowest BCUT2D eigenvalue weighted by molar-refractivity contribution is -0.384. The second-order valence-corrected chi connectivity index (χ2v) is 9.73. The number of hydrogen-bond acceptors (Lipinski definition) is 8. The van der Waals surface area contributed by atoms with Gasteiger partial charge in [0.25, 0.3) is 11.2 Å². The molecule has 0 N–H and O–H groups in total. The number of carbonyl (C=O) groups excluding carboxylic acids is 1. The van der Waals surface area contributed by atoms with Crippen molar-refractivity contribution in [2.45, 2.75) is 58.0 Å². The Balaban J connectivity index is 1.81. The zero-order valence-electron chi connectivity index (χ0n) is 20.6. The Labute approximate surface area is 221 Å². The van der Waals surface area contributed by atoms with Gasteiger partial charge in [0.15, 0.2) is 6.10 Å². The summed E-state index contributed by atoms with van der Waals surface area (Å²) in [7, 11) is 0. The van der Waals surface area contributed by atoms with Crippen molar-refractivity contribution in [3.63, 3.8) is 0 Å². The lowest BCUT2D eigenvalue weighted by Gasteiger charge is -2.22. The molecule has 3 aromatic rings. The van der Waals surface area contributed by atoms with Crippen LogP contribution in [0.15, 0.2) is 50.8 Å². The normalized spacial score (nSPS) is 15.1. The topological polar surface area (TPSA) is 126 Å². The average Bonchev–Trinajstić information content (AvgIpc) is 2.89. The highest BCUT2D eigenvalue weighted by Crippen LogP contribution is 2.32. The molecule has 4 rings (SSSR count). The smallest absolute Gasteiger partial charge is 0.347 e. The van der Waals surface area contributed by atoms with Crippen molar-refractivity contribution in [1.29, 1.82) is 0 Å². The maximum Gasteiger partial charge on any atom is 0.347 e. The third-order valence-electron chi connectivity index (χ3n) is 6.24. The first-order valence-electron chi connectivity index (χ1n) is 12.2. The average molecular weight is 571 g/mol. The molecule has 1 heterocycles. The van der Waals surface area contributed by atoms with Crippen molar-refractivity contribution in [3.05, 3.63) is 72.7 Å². The second-order valence-electron chi connectivity index (χ2n) is 8.82. The molecule has 1 fully saturated rings. The highest BCUT2D eigenvalue weighted by molar-refractivity contribution is 9.10. The Bertz CT molecular complexity index is 1410. The predicted molar refractivity (Wildman–Crippen MR) is 142 cm³/mol. The molecule has 37 heavy (non-hydrogen) atoms. The fraction of sp³-hybridized carbons (Fsp3) is 0.385. The first-order chi connectivity index (χ1) is 17.8. The third-order valence-corrected chi connectivity index (χ3v) is 6.74. The summed E-state index contributed by atoms with van der Waals surface area (Å²) < 4.78 is 12.8. The Kier molecular flexibility index (Phi) is 8.32. The molecule has 1 aromatic heterocycles. The molecular weight excluding hydrogens is 544 g/mol. The van der Waals surface area contributed by atoms with E-state index in [0.29, 0.717) is 16.7 Å². The van der Waals surface area contributed by atoms with Gasteiger partial charge in [0.1, 0.15) is 11.6 Å². The van der Waals surface area contributed by atoms with Gasteiger partial charge in [0.05, 0.1) is 28.6 Å². The number of fused-ring (bicyclic) bond motifs is 1. The fourth-order valence-electron chi connectivity index (χ4n) is 4.38. The SMILES string of the molecule is CCOC(=O)[C@@H](C)Oc1ccc([N+](=O)[O-])cc1C=Nn1c(C2CCCCC2)nc2ccc(Br)cc2c1=O. The second kappa shape index (κ2) is 11.6. The first kappa shape index (κ1) is 26.5. The number of esters is 1. The summed E-state index contributed by atoms with van der Waals surface area (Å²) in [6.45, 7) is 3.41. The van der Waals surface area contributed by atoms with E-state index in [4.69, 9.17) is 14.5 Å². The van der Waals surface area contributed by atoms with E-state index in [1.807, 2.05) is 6.07 Å². The first-order valence-corrected chi connectivity index (χ1v) is 13.0. The molecule has 0 aliphatic heterocycles. The monoisotopic (exact) mass is 570 g/mol. The minimum Gasteiger partial charge on any atom is -0.478 e. The van der Waals surface area contributed by atoms with Gasteiger partial charge < -0.3 is 9.47 Å². The number of nitrogens with zero attached hydrogens (tertiary/aromatic N) is 4. The van der Waals surface area contributed by atoms with Gasteiger partial charge in [-0.15, -0.1) is 0 Å². The van der Waals surface area contributed by atoms with Crippen LogP contribution >= 0.6 is 15.9 Å². The van der Waals surface area contributed by atoms with Crippen molar-refractivity contribution in [1.82, 2.24) is 9.66 Å². The van der Waals surface area contributed by atoms with E-state index in [1.54, 1.807) is 19.1 Å². The highest BCUT2D eigenvalue weighted by Gasteiger charge is 2.23. The van der Waals surface area contributed by atoms with Gasteiger partial charge in [0.2, 0.25) is 0 Å². The summed E-state index contributed by atoms with van der Waals surface area (Å²) in [5.41, 5.74) is 0.304. The molecule has 194 valence electrons. The number of non-ortho nitro benzene ring substituents is 1. The van der Waals surface area contributed by atoms with E-state index in [-0.39, 0.29) is 35.1 Å². The van der Waals surface area contributed by atoms with Crippen LogP contribution in [0.1, 0.15) is 63.3 Å². The molecule has 0 saturated heterocycles. The zero-order chi connectivity index (χ0) is 26.5. The molecule has 1 saturated carbocycles. The van der Waals surface area contributed by atoms with Gasteiger partial charge in [-0.25, -0.2) is 9.78 Å². The van der Waals surface area contributed by atoms with Gasteiger partial charge >= 0.3 is 5.97 Å². The van der Waals surface area contributed by atoms with E-state index in [2.05, 4.69) is 21.0 Å². The lowest BCUT2D eigenvalue weighted by atomic mass is 9.88. The maximum atomic E-state index is 13.6. The molecule has 2 aromatic carbocycles. The van der Waals surface area contributed by atoms with Gasteiger partial charge in [-0.3, -0.25) is 14.9 Å². The molecule has 1 aliphatic carbocycles. The summed E-state index contributed by atoms with van der Waals surface area (Å²) >= 11 is 3.41. The largest absolute Gasteiger partial charge is 0.478 e. The minimum absolute atomic E-state index is 0.0660. The number of nitro groups is 1. The van der Waals surface area contributed by atoms with Crippen LogP contribution in [0, 0.1) is 10.1 Å². The number of halogens is 1. The molecular formula is C26H27BrN4O6. The summed E-state index contributed by atoms with van der Waals surface area (Å²) in [5.74, 6) is 0.252. The molecule has 10 nitrogen and oxygen atoms in total. The van der Waals surface area contributed by atoms with Gasteiger partial charge in [0, 0.05) is 28.1 Å². The standard InChI is InChI=1S/C26H27BrN4O6/c1-3-36-26(33)16(2)37-23-12-10-20(31(34)35)13-18(23)15-28-30-24(17-7-5-4-6-8-17)29-22-11-9-19(27)14-21(22)25(30)32/h9-17H,3-8H2,1-2H3/t16-/m1/s1. The number of rotatable bonds is 8. The minimum atomic E-state index is -0.950. The fourth-order valence-corrected chi connectivity index (χ4v) is 4.74. The number of hydrogen-bond donors (Lipinski definition) is 0. The van der Waals surface area contributed by atoms with Crippen LogP contribution in [0.2, 0.25) is 0 Å². The summed E-state index contributed by atoms with van der Waals surface area (Å²) in [6, 6.07) is 9.29. The van der Waals surface area contributed by atoms with Crippen LogP contribution in [-0.4, -0.2) is 39.5 Å². The van der Waals surface area contributed by atoms with E-state index >= 15 is 0 Å². The summed E-state index contributed by atoms with van der Waals surface area (Å²) in [6.07, 6.45) is 5.39. The number of ether oxygens (including phenoxy) is 2. The third kappa shape index (κ3) is 6.04.